The van der Waals surface area contributed by atoms with Crippen molar-refractivity contribution in [3.05, 3.63) is 11.8 Å². The summed E-state index contributed by atoms with van der Waals surface area (Å²) in [6, 6.07) is 0. The minimum Gasteiger partial charge on any atom is -0.394 e. The molecule has 0 amide bonds. The molecule has 0 aliphatic heterocycles. The van der Waals surface area contributed by atoms with Crippen LogP contribution in [0.3, 0.4) is 0 Å². The summed E-state index contributed by atoms with van der Waals surface area (Å²) in [6.45, 7) is 2.09. The van der Waals surface area contributed by atoms with Crippen molar-refractivity contribution < 1.29 is 9.84 Å². The Kier molecular flexibility index (Phi) is 4.80. The highest BCUT2D eigenvalue weighted by atomic mass is 16.5. The Morgan fingerprint density at radius 1 is 1.50 bits per heavy atom. The van der Waals surface area contributed by atoms with E-state index in [1.807, 2.05) is 0 Å². The van der Waals surface area contributed by atoms with Crippen LogP contribution in [0.15, 0.2) is 11.8 Å². The van der Waals surface area contributed by atoms with Gasteiger partial charge in [-0.15, -0.1) is 0 Å². The fourth-order valence-corrected chi connectivity index (χ4v) is 1.28. The van der Waals surface area contributed by atoms with E-state index in [-0.39, 0.29) is 6.61 Å². The van der Waals surface area contributed by atoms with E-state index in [0.717, 1.165) is 6.54 Å². The zero-order valence-electron chi connectivity index (χ0n) is 7.38. The number of hydrogen-bond donors (Lipinski definition) is 2. The van der Waals surface area contributed by atoms with Gasteiger partial charge >= 0.3 is 0 Å². The van der Waals surface area contributed by atoms with Crippen molar-refractivity contribution in [1.29, 1.82) is 0 Å². The lowest BCUT2D eigenvalue weighted by Gasteiger charge is -2.06. The zero-order valence-corrected chi connectivity index (χ0v) is 7.38. The number of allylic oxidation sites excluding steroid dienone is 2. The van der Waals surface area contributed by atoms with Crippen LogP contribution in [0.1, 0.15) is 19.3 Å². The molecule has 0 saturated carbocycles. The predicted molar refractivity (Wildman–Crippen MR) is 47.8 cm³/mol. The van der Waals surface area contributed by atoms with Crippen LogP contribution in [0, 0.1) is 0 Å². The van der Waals surface area contributed by atoms with E-state index >= 15 is 0 Å². The van der Waals surface area contributed by atoms with Gasteiger partial charge in [0.2, 0.25) is 0 Å². The van der Waals surface area contributed by atoms with Crippen LogP contribution in [0.4, 0.5) is 0 Å². The second-order valence-corrected chi connectivity index (χ2v) is 2.88. The molecule has 12 heavy (non-hydrogen) atoms. The number of ether oxygens (including phenoxy) is 1. The molecule has 1 aliphatic rings. The first-order chi connectivity index (χ1) is 5.93. The van der Waals surface area contributed by atoms with Crippen molar-refractivity contribution in [3.8, 4) is 0 Å². The quantitative estimate of drug-likeness (QED) is 0.577. The lowest BCUT2D eigenvalue weighted by Crippen LogP contribution is -2.19. The molecular weight excluding hydrogens is 154 g/mol. The number of aliphatic hydroxyl groups is 1. The Labute approximate surface area is 73.4 Å². The fourth-order valence-electron chi connectivity index (χ4n) is 1.28. The van der Waals surface area contributed by atoms with Crippen LogP contribution in [0.5, 0.6) is 0 Å². The molecule has 0 bridgehead atoms. The summed E-state index contributed by atoms with van der Waals surface area (Å²) in [5.74, 6) is 0. The van der Waals surface area contributed by atoms with Crippen LogP contribution in [-0.4, -0.2) is 31.5 Å². The molecule has 0 saturated heterocycles. The monoisotopic (exact) mass is 171 g/mol. The van der Waals surface area contributed by atoms with E-state index in [9.17, 15) is 0 Å². The second kappa shape index (κ2) is 6.03. The highest BCUT2D eigenvalue weighted by Crippen LogP contribution is 2.13. The van der Waals surface area contributed by atoms with Crippen molar-refractivity contribution in [2.75, 3.05) is 26.4 Å². The minimum absolute atomic E-state index is 0.114. The van der Waals surface area contributed by atoms with Crippen molar-refractivity contribution in [2.45, 2.75) is 19.3 Å². The van der Waals surface area contributed by atoms with Crippen LogP contribution < -0.4 is 5.32 Å². The molecule has 0 aromatic rings. The van der Waals surface area contributed by atoms with Gasteiger partial charge in [-0.3, -0.25) is 0 Å². The van der Waals surface area contributed by atoms with Gasteiger partial charge in [0.25, 0.3) is 0 Å². The largest absolute Gasteiger partial charge is 0.394 e. The highest BCUT2D eigenvalue weighted by Gasteiger charge is 2.01. The standard InChI is InChI=1S/C9H17NO2/c11-6-8-12-7-5-10-9-3-1-2-4-9/h3,10-11H,1-2,4-8H2. The average molecular weight is 171 g/mol. The van der Waals surface area contributed by atoms with E-state index in [1.165, 1.54) is 25.0 Å². The molecule has 70 valence electrons. The highest BCUT2D eigenvalue weighted by molar-refractivity contribution is 5.04. The van der Waals surface area contributed by atoms with Gasteiger partial charge in [-0.1, -0.05) is 6.08 Å². The Morgan fingerprint density at radius 3 is 3.08 bits per heavy atom. The second-order valence-electron chi connectivity index (χ2n) is 2.88. The lowest BCUT2D eigenvalue weighted by atomic mass is 10.3. The first kappa shape index (κ1) is 9.55. The fraction of sp³-hybridized carbons (Fsp3) is 0.778. The Balaban J connectivity index is 1.88. The molecule has 1 rings (SSSR count). The first-order valence-corrected chi connectivity index (χ1v) is 4.55. The minimum atomic E-state index is 0.114. The van der Waals surface area contributed by atoms with Gasteiger partial charge in [0.1, 0.15) is 0 Å². The predicted octanol–water partition coefficient (Wildman–Crippen LogP) is 0.653. The zero-order chi connectivity index (χ0) is 8.65. The van der Waals surface area contributed by atoms with Gasteiger partial charge in [0, 0.05) is 12.2 Å². The molecule has 3 nitrogen and oxygen atoms in total. The SMILES string of the molecule is OCCOCCNC1=CCCC1. The molecule has 2 N–H and O–H groups in total. The van der Waals surface area contributed by atoms with Crippen LogP contribution in [-0.2, 0) is 4.74 Å². The van der Waals surface area contributed by atoms with Crippen LogP contribution in [0.2, 0.25) is 0 Å². The van der Waals surface area contributed by atoms with Gasteiger partial charge in [0.15, 0.2) is 0 Å². The summed E-state index contributed by atoms with van der Waals surface area (Å²) in [6.07, 6.45) is 5.91. The number of rotatable bonds is 6. The van der Waals surface area contributed by atoms with Crippen molar-refractivity contribution in [3.63, 3.8) is 0 Å². The molecule has 1 aliphatic carbocycles. The molecule has 0 aromatic carbocycles. The van der Waals surface area contributed by atoms with E-state index in [0.29, 0.717) is 13.2 Å². The molecule has 0 heterocycles. The van der Waals surface area contributed by atoms with Gasteiger partial charge in [-0.2, -0.15) is 0 Å². The number of hydrogen-bond acceptors (Lipinski definition) is 3. The Hall–Kier alpha value is -0.540. The summed E-state index contributed by atoms with van der Waals surface area (Å²) in [5, 5.41) is 11.7. The van der Waals surface area contributed by atoms with Crippen LogP contribution in [0.25, 0.3) is 0 Å². The third-order valence-corrected chi connectivity index (χ3v) is 1.88. The summed E-state index contributed by atoms with van der Waals surface area (Å²) < 4.78 is 5.10. The topological polar surface area (TPSA) is 41.5 Å². The number of aliphatic hydroxyl groups excluding tert-OH is 1. The van der Waals surface area contributed by atoms with Crippen molar-refractivity contribution >= 4 is 0 Å². The average Bonchev–Trinajstić information content (AvgIpc) is 2.57. The summed E-state index contributed by atoms with van der Waals surface area (Å²) in [7, 11) is 0. The Bertz CT molecular complexity index is 145. The molecule has 0 unspecified atom stereocenters. The van der Waals surface area contributed by atoms with E-state index in [2.05, 4.69) is 11.4 Å². The van der Waals surface area contributed by atoms with E-state index in [1.54, 1.807) is 0 Å². The molecule has 0 atom stereocenters. The van der Waals surface area contributed by atoms with Crippen LogP contribution >= 0.6 is 0 Å². The van der Waals surface area contributed by atoms with Crippen molar-refractivity contribution in [2.24, 2.45) is 0 Å². The molecule has 0 aromatic heterocycles. The summed E-state index contributed by atoms with van der Waals surface area (Å²) >= 11 is 0. The van der Waals surface area contributed by atoms with Gasteiger partial charge in [-0.05, 0) is 19.3 Å². The molecular formula is C9H17NO2. The first-order valence-electron chi connectivity index (χ1n) is 4.55. The molecule has 3 heteroatoms. The lowest BCUT2D eigenvalue weighted by molar-refractivity contribution is 0.0949. The van der Waals surface area contributed by atoms with Gasteiger partial charge < -0.3 is 15.2 Å². The Morgan fingerprint density at radius 2 is 2.42 bits per heavy atom. The maximum Gasteiger partial charge on any atom is 0.0698 e. The van der Waals surface area contributed by atoms with Gasteiger partial charge in [-0.25, -0.2) is 0 Å². The normalized spacial score (nSPS) is 16.2. The third-order valence-electron chi connectivity index (χ3n) is 1.88. The smallest absolute Gasteiger partial charge is 0.0698 e. The summed E-state index contributed by atoms with van der Waals surface area (Å²) in [4.78, 5) is 0. The number of nitrogens with one attached hydrogen (secondary N) is 1. The van der Waals surface area contributed by atoms with Crippen molar-refractivity contribution in [1.82, 2.24) is 5.32 Å². The summed E-state index contributed by atoms with van der Waals surface area (Å²) in [5.41, 5.74) is 1.35. The molecule has 0 radical (unpaired) electrons. The molecule has 0 fully saturated rings. The van der Waals surface area contributed by atoms with Gasteiger partial charge in [0.05, 0.1) is 19.8 Å². The maximum absolute atomic E-state index is 8.42. The van der Waals surface area contributed by atoms with E-state index < -0.39 is 0 Å². The third kappa shape index (κ3) is 3.74. The maximum atomic E-state index is 8.42. The van der Waals surface area contributed by atoms with E-state index in [4.69, 9.17) is 9.84 Å². The molecule has 0 spiro atoms.